The molecule has 0 aliphatic heterocycles. The van der Waals surface area contributed by atoms with Crippen LogP contribution < -0.4 is 15.8 Å². The molecule has 0 bridgehead atoms. The molecule has 0 saturated heterocycles. The zero-order valence-corrected chi connectivity index (χ0v) is 13.3. The number of guanidine groups is 1. The van der Waals surface area contributed by atoms with Crippen molar-refractivity contribution in [2.45, 2.75) is 26.8 Å². The molecule has 0 amide bonds. The Labute approximate surface area is 126 Å². The van der Waals surface area contributed by atoms with Crippen LogP contribution in [0, 0.1) is 0 Å². The van der Waals surface area contributed by atoms with Crippen LogP contribution >= 0.6 is 24.0 Å². The van der Waals surface area contributed by atoms with Crippen molar-refractivity contribution in [1.82, 2.24) is 5.32 Å². The molecular weight excluding hydrogens is 341 g/mol. The highest BCUT2D eigenvalue weighted by Gasteiger charge is 2.01. The molecule has 0 unspecified atom stereocenters. The van der Waals surface area contributed by atoms with Gasteiger partial charge in [-0.2, -0.15) is 0 Å². The Morgan fingerprint density at radius 2 is 2.06 bits per heavy atom. The lowest BCUT2D eigenvalue weighted by molar-refractivity contribution is 0.336. The van der Waals surface area contributed by atoms with E-state index in [1.54, 1.807) is 0 Å². The van der Waals surface area contributed by atoms with Gasteiger partial charge >= 0.3 is 0 Å². The van der Waals surface area contributed by atoms with Gasteiger partial charge in [-0.15, -0.1) is 24.0 Å². The molecule has 0 atom stereocenters. The molecule has 0 saturated carbocycles. The van der Waals surface area contributed by atoms with Crippen molar-refractivity contribution in [2.24, 2.45) is 10.7 Å². The summed E-state index contributed by atoms with van der Waals surface area (Å²) >= 11 is 0. The predicted octanol–water partition coefficient (Wildman–Crippen LogP) is 2.52. The van der Waals surface area contributed by atoms with Gasteiger partial charge < -0.3 is 15.8 Å². The molecule has 1 aromatic rings. The fourth-order valence-corrected chi connectivity index (χ4v) is 1.41. The lowest BCUT2D eigenvalue weighted by Crippen LogP contribution is -2.32. The Morgan fingerprint density at radius 3 is 2.72 bits per heavy atom. The number of nitrogens with two attached hydrogens (primary N) is 1. The van der Waals surface area contributed by atoms with Crippen LogP contribution in [0.4, 0.5) is 0 Å². The first kappa shape index (κ1) is 17.0. The molecule has 0 aromatic heterocycles. The van der Waals surface area contributed by atoms with E-state index < -0.39 is 0 Å². The summed E-state index contributed by atoms with van der Waals surface area (Å²) in [6, 6.07) is 7.88. The van der Waals surface area contributed by atoms with Crippen LogP contribution in [0.2, 0.25) is 0 Å². The summed E-state index contributed by atoms with van der Waals surface area (Å²) in [4.78, 5) is 4.28. The lowest BCUT2D eigenvalue weighted by atomic mass is 10.2. The van der Waals surface area contributed by atoms with Gasteiger partial charge in [0.1, 0.15) is 5.75 Å². The zero-order valence-electron chi connectivity index (χ0n) is 11.0. The minimum atomic E-state index is 0. The van der Waals surface area contributed by atoms with Gasteiger partial charge in [-0.05, 0) is 19.4 Å². The fourth-order valence-electron chi connectivity index (χ4n) is 1.41. The maximum atomic E-state index is 5.73. The highest BCUT2D eigenvalue weighted by molar-refractivity contribution is 14.0. The number of hydrogen-bond donors (Lipinski definition) is 2. The number of benzene rings is 1. The Hall–Kier alpha value is -0.980. The molecule has 4 nitrogen and oxygen atoms in total. The second-order valence-corrected chi connectivity index (χ2v) is 3.67. The van der Waals surface area contributed by atoms with Gasteiger partial charge in [-0.1, -0.05) is 25.1 Å². The van der Waals surface area contributed by atoms with Gasteiger partial charge in [0.05, 0.1) is 13.2 Å². The van der Waals surface area contributed by atoms with Gasteiger partial charge in [0.15, 0.2) is 5.96 Å². The molecule has 0 spiro atoms. The summed E-state index contributed by atoms with van der Waals surface area (Å²) in [5, 5.41) is 3.04. The van der Waals surface area contributed by atoms with E-state index >= 15 is 0 Å². The number of halogens is 1. The number of aliphatic imine (C=N–C) groups is 1. The first-order chi connectivity index (χ1) is 8.27. The van der Waals surface area contributed by atoms with Crippen molar-refractivity contribution in [3.63, 3.8) is 0 Å². The topological polar surface area (TPSA) is 59.6 Å². The van der Waals surface area contributed by atoms with Crippen LogP contribution in [0.15, 0.2) is 29.3 Å². The van der Waals surface area contributed by atoms with Crippen molar-refractivity contribution >= 4 is 29.9 Å². The standard InChI is InChI=1S/C13H21N3O.HI/c1-3-9-15-13(14)16-10-11-7-5-6-8-12(11)17-4-2;/h5-8H,3-4,9-10H2,1-2H3,(H3,14,15,16);1H. The highest BCUT2D eigenvalue weighted by Crippen LogP contribution is 2.18. The predicted molar refractivity (Wildman–Crippen MR) is 86.6 cm³/mol. The van der Waals surface area contributed by atoms with Crippen molar-refractivity contribution in [3.8, 4) is 5.75 Å². The molecule has 5 heteroatoms. The molecule has 0 fully saturated rings. The van der Waals surface area contributed by atoms with E-state index in [0.717, 1.165) is 24.3 Å². The third-order valence-electron chi connectivity index (χ3n) is 2.25. The number of nitrogens with one attached hydrogen (secondary N) is 1. The Morgan fingerprint density at radius 1 is 1.33 bits per heavy atom. The Kier molecular flexibility index (Phi) is 9.45. The van der Waals surface area contributed by atoms with E-state index in [0.29, 0.717) is 19.1 Å². The van der Waals surface area contributed by atoms with Gasteiger partial charge in [0, 0.05) is 12.1 Å². The van der Waals surface area contributed by atoms with E-state index in [1.807, 2.05) is 31.2 Å². The smallest absolute Gasteiger partial charge is 0.188 e. The quantitative estimate of drug-likeness (QED) is 0.464. The highest BCUT2D eigenvalue weighted by atomic mass is 127. The summed E-state index contributed by atoms with van der Waals surface area (Å²) in [5.41, 5.74) is 6.78. The van der Waals surface area contributed by atoms with Crippen LogP contribution in [-0.2, 0) is 6.54 Å². The second kappa shape index (κ2) is 9.99. The minimum Gasteiger partial charge on any atom is -0.494 e. The third-order valence-corrected chi connectivity index (χ3v) is 2.25. The Bertz CT molecular complexity index is 369. The zero-order chi connectivity index (χ0) is 12.5. The summed E-state index contributed by atoms with van der Waals surface area (Å²) in [7, 11) is 0. The van der Waals surface area contributed by atoms with Gasteiger partial charge in [0.2, 0.25) is 0 Å². The van der Waals surface area contributed by atoms with E-state index in [-0.39, 0.29) is 24.0 Å². The van der Waals surface area contributed by atoms with E-state index in [9.17, 15) is 0 Å². The normalized spacial score (nSPS) is 10.7. The van der Waals surface area contributed by atoms with Crippen molar-refractivity contribution < 1.29 is 4.74 Å². The molecule has 3 N–H and O–H groups in total. The first-order valence-corrected chi connectivity index (χ1v) is 6.02. The van der Waals surface area contributed by atoms with E-state index in [4.69, 9.17) is 10.5 Å². The summed E-state index contributed by atoms with van der Waals surface area (Å²) < 4.78 is 5.52. The van der Waals surface area contributed by atoms with E-state index in [2.05, 4.69) is 17.2 Å². The van der Waals surface area contributed by atoms with Crippen molar-refractivity contribution in [3.05, 3.63) is 29.8 Å². The van der Waals surface area contributed by atoms with Crippen LogP contribution in [-0.4, -0.2) is 19.1 Å². The fraction of sp³-hybridized carbons (Fsp3) is 0.462. The lowest BCUT2D eigenvalue weighted by Gasteiger charge is -2.08. The monoisotopic (exact) mass is 363 g/mol. The Balaban J connectivity index is 0.00000289. The molecule has 1 rings (SSSR count). The van der Waals surface area contributed by atoms with Crippen LogP contribution in [0.25, 0.3) is 0 Å². The SMILES string of the molecule is CCCNC(N)=NCc1ccccc1OCC.I. The van der Waals surface area contributed by atoms with Crippen LogP contribution in [0.3, 0.4) is 0 Å². The molecular formula is C13H22IN3O. The molecule has 18 heavy (non-hydrogen) atoms. The average Bonchev–Trinajstić information content (AvgIpc) is 2.35. The minimum absolute atomic E-state index is 0. The largest absolute Gasteiger partial charge is 0.494 e. The van der Waals surface area contributed by atoms with Crippen molar-refractivity contribution in [2.75, 3.05) is 13.2 Å². The summed E-state index contributed by atoms with van der Waals surface area (Å²) in [6.07, 6.45) is 1.03. The number of nitrogens with zero attached hydrogens (tertiary/aromatic N) is 1. The number of ether oxygens (including phenoxy) is 1. The maximum absolute atomic E-state index is 5.73. The molecule has 0 heterocycles. The number of rotatable bonds is 6. The second-order valence-electron chi connectivity index (χ2n) is 3.67. The molecule has 102 valence electrons. The van der Waals surface area contributed by atoms with Gasteiger partial charge in [-0.25, -0.2) is 4.99 Å². The van der Waals surface area contributed by atoms with Crippen LogP contribution in [0.5, 0.6) is 5.75 Å². The molecule has 0 aliphatic rings. The summed E-state index contributed by atoms with van der Waals surface area (Å²) in [6.45, 7) is 6.10. The van der Waals surface area contributed by atoms with Crippen LogP contribution in [0.1, 0.15) is 25.8 Å². The molecule has 0 aliphatic carbocycles. The average molecular weight is 363 g/mol. The number of hydrogen-bond acceptors (Lipinski definition) is 2. The van der Waals surface area contributed by atoms with Gasteiger partial charge in [0.25, 0.3) is 0 Å². The van der Waals surface area contributed by atoms with Crippen molar-refractivity contribution in [1.29, 1.82) is 0 Å². The molecule has 0 radical (unpaired) electrons. The van der Waals surface area contributed by atoms with Gasteiger partial charge in [-0.3, -0.25) is 0 Å². The third kappa shape index (κ3) is 6.09. The first-order valence-electron chi connectivity index (χ1n) is 6.02. The summed E-state index contributed by atoms with van der Waals surface area (Å²) in [5.74, 6) is 1.36. The molecule has 1 aromatic carbocycles. The number of para-hydroxylation sites is 1. The van der Waals surface area contributed by atoms with E-state index in [1.165, 1.54) is 0 Å². The maximum Gasteiger partial charge on any atom is 0.188 e.